The maximum atomic E-state index is 12.5. The Labute approximate surface area is 152 Å². The highest BCUT2D eigenvalue weighted by Gasteiger charge is 2.15. The number of hydrogen-bond acceptors (Lipinski definition) is 8. The summed E-state index contributed by atoms with van der Waals surface area (Å²) < 4.78 is 1.79. The smallest absolute Gasteiger partial charge is 0.259 e. The van der Waals surface area contributed by atoms with Crippen molar-refractivity contribution in [1.82, 2.24) is 19.7 Å². The molecule has 25 heavy (non-hydrogen) atoms. The van der Waals surface area contributed by atoms with Crippen LogP contribution in [0.2, 0.25) is 0 Å². The number of carbonyl (C=O) groups is 1. The molecule has 0 saturated heterocycles. The Morgan fingerprint density at radius 1 is 1.48 bits per heavy atom. The molecule has 2 aromatic heterocycles. The standard InChI is InChI=1S/C15H16N6O2S2/c1-8-12(6-22)25-14(18-8)19-13(23)10-5-9(3-4-11(10)16)24-15-20-17-7-21(15)2/h3-5,7,22H,6,16H2,1-2H3,(H,18,19,23). The third kappa shape index (κ3) is 3.81. The van der Waals surface area contributed by atoms with Gasteiger partial charge in [-0.05, 0) is 36.9 Å². The highest BCUT2D eigenvalue weighted by molar-refractivity contribution is 7.99. The lowest BCUT2D eigenvalue weighted by Crippen LogP contribution is -2.14. The van der Waals surface area contributed by atoms with Crippen molar-refractivity contribution in [1.29, 1.82) is 0 Å². The number of aliphatic hydroxyl groups is 1. The summed E-state index contributed by atoms with van der Waals surface area (Å²) in [6, 6.07) is 5.21. The molecule has 0 unspecified atom stereocenters. The van der Waals surface area contributed by atoms with Gasteiger partial charge >= 0.3 is 0 Å². The summed E-state index contributed by atoms with van der Waals surface area (Å²) in [5, 5.41) is 20.9. The van der Waals surface area contributed by atoms with E-state index in [1.807, 2.05) is 13.1 Å². The van der Waals surface area contributed by atoms with Gasteiger partial charge < -0.3 is 15.4 Å². The summed E-state index contributed by atoms with van der Waals surface area (Å²) in [5.41, 5.74) is 7.37. The molecule has 0 aliphatic heterocycles. The second kappa shape index (κ2) is 7.21. The maximum Gasteiger partial charge on any atom is 0.259 e. The van der Waals surface area contributed by atoms with Crippen LogP contribution < -0.4 is 11.1 Å². The van der Waals surface area contributed by atoms with E-state index in [4.69, 9.17) is 5.73 Å². The number of rotatable bonds is 5. The molecule has 0 fully saturated rings. The van der Waals surface area contributed by atoms with E-state index in [0.717, 1.165) is 9.77 Å². The first-order valence-corrected chi connectivity index (χ1v) is 8.91. The number of anilines is 2. The molecule has 0 bridgehead atoms. The molecular formula is C15H16N6O2S2. The number of nitrogen functional groups attached to an aromatic ring is 1. The molecule has 10 heteroatoms. The third-order valence-electron chi connectivity index (χ3n) is 3.41. The molecule has 0 spiro atoms. The van der Waals surface area contributed by atoms with Crippen molar-refractivity contribution in [2.24, 2.45) is 7.05 Å². The van der Waals surface area contributed by atoms with Gasteiger partial charge in [-0.3, -0.25) is 10.1 Å². The van der Waals surface area contributed by atoms with Gasteiger partial charge in [-0.15, -0.1) is 10.2 Å². The highest BCUT2D eigenvalue weighted by Crippen LogP contribution is 2.29. The van der Waals surface area contributed by atoms with Gasteiger partial charge in [-0.1, -0.05) is 11.3 Å². The summed E-state index contributed by atoms with van der Waals surface area (Å²) >= 11 is 2.62. The number of nitrogens with zero attached hydrogens (tertiary/aromatic N) is 4. The van der Waals surface area contributed by atoms with Gasteiger partial charge in [-0.2, -0.15) is 0 Å². The minimum Gasteiger partial charge on any atom is -0.398 e. The minimum atomic E-state index is -0.351. The number of aryl methyl sites for hydroxylation is 2. The van der Waals surface area contributed by atoms with Crippen molar-refractivity contribution in [2.45, 2.75) is 23.6 Å². The molecule has 1 aromatic carbocycles. The Morgan fingerprint density at radius 2 is 2.28 bits per heavy atom. The predicted octanol–water partition coefficient (Wildman–Crippen LogP) is 2.06. The maximum absolute atomic E-state index is 12.5. The van der Waals surface area contributed by atoms with E-state index in [-0.39, 0.29) is 12.5 Å². The van der Waals surface area contributed by atoms with Crippen LogP contribution in [0.15, 0.2) is 34.6 Å². The van der Waals surface area contributed by atoms with Gasteiger partial charge in [0, 0.05) is 17.6 Å². The van der Waals surface area contributed by atoms with Crippen molar-refractivity contribution >= 4 is 39.8 Å². The van der Waals surface area contributed by atoms with Crippen LogP contribution in [0, 0.1) is 6.92 Å². The summed E-state index contributed by atoms with van der Waals surface area (Å²) in [4.78, 5) is 18.3. The summed E-state index contributed by atoms with van der Waals surface area (Å²) in [5.74, 6) is -0.351. The van der Waals surface area contributed by atoms with Crippen LogP contribution in [0.3, 0.4) is 0 Å². The quantitative estimate of drug-likeness (QED) is 0.583. The zero-order valence-corrected chi connectivity index (χ0v) is 15.2. The largest absolute Gasteiger partial charge is 0.398 e. The monoisotopic (exact) mass is 376 g/mol. The first-order chi connectivity index (χ1) is 12.0. The number of carbonyl (C=O) groups excluding carboxylic acids is 1. The Morgan fingerprint density at radius 3 is 2.92 bits per heavy atom. The second-order valence-corrected chi connectivity index (χ2v) is 7.34. The fourth-order valence-electron chi connectivity index (χ4n) is 2.06. The fraction of sp³-hybridized carbons (Fsp3) is 0.200. The number of thiazole rings is 1. The lowest BCUT2D eigenvalue weighted by Gasteiger charge is -2.08. The topological polar surface area (TPSA) is 119 Å². The van der Waals surface area contributed by atoms with Gasteiger partial charge in [0.15, 0.2) is 10.3 Å². The predicted molar refractivity (Wildman–Crippen MR) is 96.7 cm³/mol. The van der Waals surface area contributed by atoms with Gasteiger partial charge in [-0.25, -0.2) is 4.98 Å². The zero-order valence-electron chi connectivity index (χ0n) is 13.6. The van der Waals surface area contributed by atoms with Crippen molar-refractivity contribution in [3.63, 3.8) is 0 Å². The first-order valence-electron chi connectivity index (χ1n) is 7.28. The molecule has 0 saturated carbocycles. The summed E-state index contributed by atoms with van der Waals surface area (Å²) in [6.07, 6.45) is 1.61. The Kier molecular flexibility index (Phi) is 5.02. The Bertz CT molecular complexity index is 921. The molecule has 0 radical (unpaired) electrons. The second-order valence-electron chi connectivity index (χ2n) is 5.22. The number of benzene rings is 1. The molecule has 2 heterocycles. The van der Waals surface area contributed by atoms with E-state index in [1.54, 1.807) is 30.0 Å². The average Bonchev–Trinajstić information content (AvgIpc) is 3.14. The van der Waals surface area contributed by atoms with Crippen LogP contribution in [-0.4, -0.2) is 30.8 Å². The molecule has 130 valence electrons. The minimum absolute atomic E-state index is 0.106. The number of nitrogens with two attached hydrogens (primary N) is 1. The first kappa shape index (κ1) is 17.4. The van der Waals surface area contributed by atoms with E-state index in [1.165, 1.54) is 23.1 Å². The third-order valence-corrected chi connectivity index (χ3v) is 5.50. The SMILES string of the molecule is Cc1nc(NC(=O)c2cc(Sc3nncn3C)ccc2N)sc1CO. The van der Waals surface area contributed by atoms with Crippen LogP contribution in [0.5, 0.6) is 0 Å². The number of amides is 1. The van der Waals surface area contributed by atoms with Crippen molar-refractivity contribution in [2.75, 3.05) is 11.1 Å². The molecule has 1 amide bonds. The van der Waals surface area contributed by atoms with E-state index >= 15 is 0 Å². The van der Waals surface area contributed by atoms with E-state index < -0.39 is 0 Å². The van der Waals surface area contributed by atoms with Crippen LogP contribution in [-0.2, 0) is 13.7 Å². The summed E-state index contributed by atoms with van der Waals surface area (Å²) in [6.45, 7) is 1.68. The van der Waals surface area contributed by atoms with Crippen LogP contribution >= 0.6 is 23.1 Å². The number of hydrogen-bond donors (Lipinski definition) is 3. The fourth-order valence-corrected chi connectivity index (χ4v) is 3.68. The van der Waals surface area contributed by atoms with Gasteiger partial charge in [0.25, 0.3) is 5.91 Å². The van der Waals surface area contributed by atoms with Crippen molar-refractivity contribution in [3.8, 4) is 0 Å². The molecule has 4 N–H and O–H groups in total. The highest BCUT2D eigenvalue weighted by atomic mass is 32.2. The molecule has 3 rings (SSSR count). The van der Waals surface area contributed by atoms with Gasteiger partial charge in [0.1, 0.15) is 6.33 Å². The number of nitrogens with one attached hydrogen (secondary N) is 1. The van der Waals surface area contributed by atoms with E-state index in [0.29, 0.717) is 27.2 Å². The van der Waals surface area contributed by atoms with Gasteiger partial charge in [0.2, 0.25) is 0 Å². The van der Waals surface area contributed by atoms with E-state index in [9.17, 15) is 9.90 Å². The molecule has 8 nitrogen and oxygen atoms in total. The number of aliphatic hydroxyl groups excluding tert-OH is 1. The normalized spacial score (nSPS) is 10.8. The lowest BCUT2D eigenvalue weighted by molar-refractivity contribution is 0.102. The van der Waals surface area contributed by atoms with Crippen LogP contribution in [0.4, 0.5) is 10.8 Å². The number of aromatic nitrogens is 4. The van der Waals surface area contributed by atoms with Crippen molar-refractivity contribution < 1.29 is 9.90 Å². The average molecular weight is 376 g/mol. The Balaban J connectivity index is 1.81. The van der Waals surface area contributed by atoms with Crippen LogP contribution in [0.1, 0.15) is 20.9 Å². The molecule has 0 atom stereocenters. The molecular weight excluding hydrogens is 360 g/mol. The van der Waals surface area contributed by atoms with Gasteiger partial charge in [0.05, 0.1) is 22.7 Å². The van der Waals surface area contributed by atoms with E-state index in [2.05, 4.69) is 20.5 Å². The summed E-state index contributed by atoms with van der Waals surface area (Å²) in [7, 11) is 1.84. The lowest BCUT2D eigenvalue weighted by atomic mass is 10.1. The molecule has 3 aromatic rings. The molecule has 0 aliphatic carbocycles. The van der Waals surface area contributed by atoms with Crippen molar-refractivity contribution in [3.05, 3.63) is 40.7 Å². The molecule has 0 aliphatic rings. The Hall–Kier alpha value is -2.43. The van der Waals surface area contributed by atoms with Crippen LogP contribution in [0.25, 0.3) is 0 Å². The zero-order chi connectivity index (χ0) is 18.0.